The van der Waals surface area contributed by atoms with Crippen molar-refractivity contribution in [3.05, 3.63) is 126 Å². The van der Waals surface area contributed by atoms with Crippen molar-refractivity contribution >= 4 is 16.8 Å². The first kappa shape index (κ1) is 37.4. The average molecular weight is 711 g/mol. The van der Waals surface area contributed by atoms with Crippen molar-refractivity contribution in [1.82, 2.24) is 20.3 Å². The van der Waals surface area contributed by atoms with E-state index in [9.17, 15) is 4.79 Å². The monoisotopic (exact) mass is 710 g/mol. The van der Waals surface area contributed by atoms with Crippen LogP contribution < -0.4 is 5.32 Å². The molecule has 0 saturated carbocycles. The summed E-state index contributed by atoms with van der Waals surface area (Å²) < 4.78 is 39.7. The second kappa shape index (κ2) is 20.0. The zero-order valence-electron chi connectivity index (χ0n) is 29.8. The number of imidazole rings is 1. The number of carbonyl (C=O) groups excluding carboxylic acids is 1. The molecule has 0 spiro atoms. The van der Waals surface area contributed by atoms with Crippen LogP contribution in [-0.4, -0.2) is 77.9 Å². The van der Waals surface area contributed by atoms with Crippen molar-refractivity contribution in [2.75, 3.05) is 26.4 Å². The maximum Gasteiger partial charge on any atom is 0.216 e. The van der Waals surface area contributed by atoms with Crippen LogP contribution in [0.15, 0.2) is 104 Å². The van der Waals surface area contributed by atoms with Crippen molar-refractivity contribution in [1.29, 1.82) is 0 Å². The van der Waals surface area contributed by atoms with Crippen molar-refractivity contribution in [3.8, 4) is 0 Å². The topological polar surface area (TPSA) is 129 Å². The third kappa shape index (κ3) is 11.1. The maximum absolute atomic E-state index is 11.2. The lowest BCUT2D eigenvalue weighted by Crippen LogP contribution is -2.61. The van der Waals surface area contributed by atoms with Gasteiger partial charge in [0.2, 0.25) is 5.91 Å². The van der Waals surface area contributed by atoms with Gasteiger partial charge >= 0.3 is 0 Å². The van der Waals surface area contributed by atoms with Crippen molar-refractivity contribution in [2.24, 2.45) is 0 Å². The molecule has 2 aromatic heterocycles. The summed E-state index contributed by atoms with van der Waals surface area (Å²) in [5, 5.41) is 4.02. The van der Waals surface area contributed by atoms with Crippen molar-refractivity contribution < 1.29 is 33.2 Å². The van der Waals surface area contributed by atoms with Crippen LogP contribution in [0.2, 0.25) is 0 Å². The number of para-hydroxylation sites is 1. The molecule has 1 aliphatic rings. The molecule has 5 aromatic rings. The predicted molar refractivity (Wildman–Crippen MR) is 197 cm³/mol. The maximum atomic E-state index is 11.2. The number of rotatable bonds is 21. The van der Waals surface area contributed by atoms with E-state index in [1.807, 2.05) is 79.0 Å². The molecule has 0 aliphatic carbocycles. The highest BCUT2D eigenvalue weighted by atomic mass is 16.7. The Kier molecular flexibility index (Phi) is 14.4. The Morgan fingerprint density at radius 1 is 0.769 bits per heavy atom. The van der Waals surface area contributed by atoms with Gasteiger partial charge in [-0.05, 0) is 48.4 Å². The molecular formula is C41H50N4O7. The number of carbonyl (C=O) groups is 1. The molecule has 11 heteroatoms. The first-order valence-corrected chi connectivity index (χ1v) is 18.2. The van der Waals surface area contributed by atoms with Gasteiger partial charge in [0.15, 0.2) is 6.29 Å². The van der Waals surface area contributed by atoms with E-state index in [0.717, 1.165) is 41.6 Å². The molecule has 1 saturated heterocycles. The molecule has 1 amide bonds. The van der Waals surface area contributed by atoms with Crippen LogP contribution in [0.5, 0.6) is 0 Å². The standard InChI is InChI=1S/C41H50N4O7/c1-30(46)43-20-11-4-12-21-47-28-37-38(51-27-34-24-42-29-45-34)39(49-25-31-13-5-2-6-14-31)40(50-26-32-15-7-3-8-16-32)41(52-37)48-22-19-33-23-44-36-18-10-9-17-35(33)36/h2-3,5-10,13-18,23-24,29,37-41,44H,4,11-12,19-22,25-28H2,1H3,(H,42,45)(H,43,46)/t37-,38-,39+,40-,41-/m1/s1. The van der Waals surface area contributed by atoms with E-state index < -0.39 is 30.7 Å². The summed E-state index contributed by atoms with van der Waals surface area (Å²) in [5.41, 5.74) is 5.16. The average Bonchev–Trinajstić information content (AvgIpc) is 3.85. The van der Waals surface area contributed by atoms with Crippen molar-refractivity contribution in [3.63, 3.8) is 0 Å². The highest BCUT2D eigenvalue weighted by Crippen LogP contribution is 2.32. The number of amides is 1. The fourth-order valence-corrected chi connectivity index (χ4v) is 6.39. The van der Waals surface area contributed by atoms with Gasteiger partial charge in [-0.25, -0.2) is 4.98 Å². The van der Waals surface area contributed by atoms with E-state index in [4.69, 9.17) is 28.4 Å². The molecule has 0 unspecified atom stereocenters. The number of aromatic nitrogens is 3. The number of hydrogen-bond donors (Lipinski definition) is 3. The minimum Gasteiger partial charge on any atom is -0.379 e. The van der Waals surface area contributed by atoms with Gasteiger partial charge in [0.05, 0.1) is 51.3 Å². The van der Waals surface area contributed by atoms with Gasteiger partial charge in [0.25, 0.3) is 0 Å². The number of nitrogens with zero attached hydrogens (tertiary/aromatic N) is 1. The van der Waals surface area contributed by atoms with Crippen LogP contribution in [0, 0.1) is 0 Å². The highest BCUT2D eigenvalue weighted by Gasteiger charge is 2.49. The molecule has 0 bridgehead atoms. The molecule has 5 atom stereocenters. The Balaban J connectivity index is 1.22. The fourth-order valence-electron chi connectivity index (χ4n) is 6.39. The lowest BCUT2D eigenvalue weighted by Gasteiger charge is -2.45. The van der Waals surface area contributed by atoms with Crippen LogP contribution >= 0.6 is 0 Å². The number of benzene rings is 3. The molecular weight excluding hydrogens is 660 g/mol. The smallest absolute Gasteiger partial charge is 0.216 e. The number of hydrogen-bond acceptors (Lipinski definition) is 8. The SMILES string of the molecule is CC(=O)NCCCCCOC[C@H]1O[C@@H](OCCc2c[nH]c3ccccc23)[C@H](OCc2ccccc2)[C@@H](OCc2ccccc2)[C@@H]1OCc1cnc[nH]1. The molecule has 3 aromatic carbocycles. The molecule has 1 fully saturated rings. The lowest BCUT2D eigenvalue weighted by molar-refractivity contribution is -0.328. The first-order chi connectivity index (χ1) is 25.6. The molecule has 0 radical (unpaired) electrons. The highest BCUT2D eigenvalue weighted by molar-refractivity contribution is 5.83. The number of ether oxygens (including phenoxy) is 6. The molecule has 276 valence electrons. The predicted octanol–water partition coefficient (Wildman–Crippen LogP) is 6.25. The lowest BCUT2D eigenvalue weighted by atomic mass is 9.97. The minimum atomic E-state index is -0.757. The van der Waals surface area contributed by atoms with Crippen LogP contribution in [-0.2, 0) is 59.5 Å². The van der Waals surface area contributed by atoms with E-state index in [1.54, 1.807) is 12.5 Å². The molecule has 52 heavy (non-hydrogen) atoms. The fraction of sp³-hybridized carbons (Fsp3) is 0.415. The summed E-state index contributed by atoms with van der Waals surface area (Å²) in [7, 11) is 0. The Hall–Kier alpha value is -4.36. The van der Waals surface area contributed by atoms with Gasteiger partial charge in [-0.1, -0.05) is 78.9 Å². The summed E-state index contributed by atoms with van der Waals surface area (Å²) in [6, 6.07) is 28.4. The summed E-state index contributed by atoms with van der Waals surface area (Å²) >= 11 is 0. The summed E-state index contributed by atoms with van der Waals surface area (Å²) in [5.74, 6) is -0.0137. The van der Waals surface area contributed by atoms with Crippen LogP contribution in [0.4, 0.5) is 0 Å². The van der Waals surface area contributed by atoms with Gasteiger partial charge < -0.3 is 43.7 Å². The van der Waals surface area contributed by atoms with Gasteiger partial charge in [0, 0.05) is 37.2 Å². The van der Waals surface area contributed by atoms with E-state index in [0.29, 0.717) is 39.4 Å². The van der Waals surface area contributed by atoms with E-state index >= 15 is 0 Å². The first-order valence-electron chi connectivity index (χ1n) is 18.2. The van der Waals surface area contributed by atoms with E-state index in [1.165, 1.54) is 17.9 Å². The largest absolute Gasteiger partial charge is 0.379 e. The molecule has 11 nitrogen and oxygen atoms in total. The third-order valence-corrected chi connectivity index (χ3v) is 9.10. The summed E-state index contributed by atoms with van der Waals surface area (Å²) in [4.78, 5) is 21.9. The Bertz CT molecular complexity index is 1730. The second-order valence-corrected chi connectivity index (χ2v) is 13.0. The zero-order valence-corrected chi connectivity index (χ0v) is 29.8. The Morgan fingerprint density at radius 3 is 2.21 bits per heavy atom. The zero-order chi connectivity index (χ0) is 35.8. The summed E-state index contributed by atoms with van der Waals surface area (Å²) in [6.45, 7) is 4.39. The molecule has 6 rings (SSSR count). The van der Waals surface area contributed by atoms with Gasteiger partial charge in [-0.2, -0.15) is 0 Å². The number of H-pyrrole nitrogens is 2. The molecule has 3 heterocycles. The number of nitrogens with one attached hydrogen (secondary N) is 3. The Labute approximate surface area is 305 Å². The van der Waals surface area contributed by atoms with Crippen molar-refractivity contribution in [2.45, 2.75) is 83.1 Å². The number of aromatic amines is 2. The number of unbranched alkanes of at least 4 members (excludes halogenated alkanes) is 2. The van der Waals surface area contributed by atoms with E-state index in [-0.39, 0.29) is 19.1 Å². The Morgan fingerprint density at radius 2 is 1.48 bits per heavy atom. The molecule has 3 N–H and O–H groups in total. The van der Waals surface area contributed by atoms with Gasteiger partial charge in [-0.15, -0.1) is 0 Å². The quantitative estimate of drug-likeness (QED) is 0.0763. The number of fused-ring (bicyclic) bond motifs is 1. The second-order valence-electron chi connectivity index (χ2n) is 13.0. The van der Waals surface area contributed by atoms with Gasteiger partial charge in [-0.3, -0.25) is 4.79 Å². The normalized spacial score (nSPS) is 20.3. The van der Waals surface area contributed by atoms with Crippen LogP contribution in [0.3, 0.4) is 0 Å². The van der Waals surface area contributed by atoms with Crippen LogP contribution in [0.25, 0.3) is 10.9 Å². The van der Waals surface area contributed by atoms with E-state index in [2.05, 4.69) is 32.4 Å². The third-order valence-electron chi connectivity index (χ3n) is 9.10. The van der Waals surface area contributed by atoms with Crippen LogP contribution in [0.1, 0.15) is 48.6 Å². The van der Waals surface area contributed by atoms with Gasteiger partial charge in [0.1, 0.15) is 24.4 Å². The molecule has 1 aliphatic heterocycles. The summed E-state index contributed by atoms with van der Waals surface area (Å²) in [6.07, 6.45) is 5.77. The minimum absolute atomic E-state index is 0.0137.